The fourth-order valence-corrected chi connectivity index (χ4v) is 2.17. The van der Waals surface area contributed by atoms with Crippen LogP contribution in [-0.2, 0) is 0 Å². The minimum atomic E-state index is 0.0676. The lowest BCUT2D eigenvalue weighted by Gasteiger charge is -2.17. The summed E-state index contributed by atoms with van der Waals surface area (Å²) in [6.45, 7) is 2.03. The number of pyridine rings is 1. The van der Waals surface area contributed by atoms with Gasteiger partial charge in [0.25, 0.3) is 0 Å². The molecule has 0 saturated carbocycles. The number of hydrogen-bond donors (Lipinski definition) is 3. The number of hydrogen-bond acceptors (Lipinski definition) is 4. The van der Waals surface area contributed by atoms with Gasteiger partial charge in [0.1, 0.15) is 5.82 Å². The van der Waals surface area contributed by atoms with Crippen molar-refractivity contribution < 1.29 is 0 Å². The van der Waals surface area contributed by atoms with Gasteiger partial charge in [0.2, 0.25) is 0 Å². The molecular formula is C13H14Cl2N4. The number of rotatable bonds is 4. The normalized spacial score (nSPS) is 12.0. The van der Waals surface area contributed by atoms with Gasteiger partial charge in [-0.15, -0.1) is 0 Å². The Labute approximate surface area is 121 Å². The first-order chi connectivity index (χ1) is 9.11. The van der Waals surface area contributed by atoms with Gasteiger partial charge in [0.05, 0.1) is 10.0 Å². The van der Waals surface area contributed by atoms with Crippen LogP contribution in [0.15, 0.2) is 36.4 Å². The van der Waals surface area contributed by atoms with Gasteiger partial charge in [-0.2, -0.15) is 0 Å². The van der Waals surface area contributed by atoms with Gasteiger partial charge in [-0.1, -0.05) is 53.5 Å². The van der Waals surface area contributed by atoms with E-state index in [-0.39, 0.29) is 6.04 Å². The lowest BCUT2D eigenvalue weighted by Crippen LogP contribution is -2.12. The summed E-state index contributed by atoms with van der Waals surface area (Å²) in [6, 6.07) is 11.7. The molecule has 0 amide bonds. The van der Waals surface area contributed by atoms with Crippen molar-refractivity contribution in [1.29, 1.82) is 0 Å². The minimum absolute atomic E-state index is 0.0676. The van der Waals surface area contributed by atoms with Crippen molar-refractivity contribution in [3.8, 4) is 0 Å². The highest BCUT2D eigenvalue weighted by atomic mass is 35.5. The molecule has 0 aliphatic rings. The van der Waals surface area contributed by atoms with Gasteiger partial charge in [-0.3, -0.25) is 0 Å². The first kappa shape index (κ1) is 13.9. The molecule has 2 rings (SSSR count). The number of nitrogens with two attached hydrogens (primary N) is 1. The maximum atomic E-state index is 6.11. The van der Waals surface area contributed by atoms with Crippen LogP contribution in [0.5, 0.6) is 0 Å². The van der Waals surface area contributed by atoms with Gasteiger partial charge in [0.15, 0.2) is 5.82 Å². The summed E-state index contributed by atoms with van der Waals surface area (Å²) >= 11 is 12.0. The Morgan fingerprint density at radius 2 is 1.74 bits per heavy atom. The Kier molecular flexibility index (Phi) is 4.47. The molecule has 4 nitrogen and oxygen atoms in total. The highest BCUT2D eigenvalue weighted by molar-refractivity contribution is 6.37. The van der Waals surface area contributed by atoms with E-state index in [0.29, 0.717) is 21.7 Å². The molecule has 0 aliphatic carbocycles. The number of nitrogens with zero attached hydrogens (tertiary/aromatic N) is 1. The van der Waals surface area contributed by atoms with Crippen molar-refractivity contribution in [3.63, 3.8) is 0 Å². The van der Waals surface area contributed by atoms with E-state index in [1.807, 2.05) is 37.3 Å². The Bertz CT molecular complexity index is 560. The number of halogens is 2. The first-order valence-corrected chi connectivity index (χ1v) is 6.51. The molecule has 100 valence electrons. The number of nitrogens with one attached hydrogen (secondary N) is 2. The van der Waals surface area contributed by atoms with Crippen molar-refractivity contribution in [3.05, 3.63) is 52.0 Å². The predicted octanol–water partition coefficient (Wildman–Crippen LogP) is 3.85. The molecule has 0 spiro atoms. The zero-order valence-electron chi connectivity index (χ0n) is 10.3. The molecule has 1 aromatic heterocycles. The highest BCUT2D eigenvalue weighted by Gasteiger charge is 2.12. The molecule has 1 unspecified atom stereocenters. The summed E-state index contributed by atoms with van der Waals surface area (Å²) in [5, 5.41) is 4.06. The average molecular weight is 297 g/mol. The van der Waals surface area contributed by atoms with Gasteiger partial charge < -0.3 is 10.7 Å². The molecular weight excluding hydrogens is 283 g/mol. The first-order valence-electron chi connectivity index (χ1n) is 5.76. The van der Waals surface area contributed by atoms with Crippen LogP contribution < -0.4 is 16.6 Å². The zero-order valence-corrected chi connectivity index (χ0v) is 11.8. The van der Waals surface area contributed by atoms with Crippen LogP contribution in [-0.4, -0.2) is 4.98 Å². The van der Waals surface area contributed by atoms with E-state index in [2.05, 4.69) is 15.7 Å². The summed E-state index contributed by atoms with van der Waals surface area (Å²) in [7, 11) is 0. The van der Waals surface area contributed by atoms with E-state index in [9.17, 15) is 0 Å². The SMILES string of the molecule is CC(Nc1nc(NN)c(Cl)cc1Cl)c1ccccc1. The lowest BCUT2D eigenvalue weighted by molar-refractivity contribution is 0.875. The van der Waals surface area contributed by atoms with Crippen LogP contribution in [0, 0.1) is 0 Å². The minimum Gasteiger partial charge on any atom is -0.362 e. The second-order valence-electron chi connectivity index (χ2n) is 4.07. The van der Waals surface area contributed by atoms with Crippen LogP contribution in [0.2, 0.25) is 10.0 Å². The average Bonchev–Trinajstić information content (AvgIpc) is 2.42. The lowest BCUT2D eigenvalue weighted by atomic mass is 10.1. The van der Waals surface area contributed by atoms with E-state index in [1.165, 1.54) is 0 Å². The van der Waals surface area contributed by atoms with Crippen molar-refractivity contribution in [1.82, 2.24) is 4.98 Å². The number of anilines is 2. The summed E-state index contributed by atoms with van der Waals surface area (Å²) in [5.74, 6) is 6.26. The van der Waals surface area contributed by atoms with E-state index in [0.717, 1.165) is 5.56 Å². The molecule has 1 aromatic carbocycles. The second-order valence-corrected chi connectivity index (χ2v) is 4.88. The Hall–Kier alpha value is -1.49. The molecule has 19 heavy (non-hydrogen) atoms. The van der Waals surface area contributed by atoms with Crippen LogP contribution >= 0.6 is 23.2 Å². The Balaban J connectivity index is 2.24. The molecule has 6 heteroatoms. The number of hydrazine groups is 1. The quantitative estimate of drug-likeness (QED) is 0.592. The van der Waals surface area contributed by atoms with Crippen LogP contribution in [0.4, 0.5) is 11.6 Å². The van der Waals surface area contributed by atoms with Crippen LogP contribution in [0.25, 0.3) is 0 Å². The fourth-order valence-electron chi connectivity index (χ4n) is 1.70. The van der Waals surface area contributed by atoms with Crippen molar-refractivity contribution in [2.45, 2.75) is 13.0 Å². The molecule has 0 radical (unpaired) electrons. The molecule has 2 aromatic rings. The number of nitrogen functional groups attached to an aromatic ring is 1. The Morgan fingerprint density at radius 3 is 2.37 bits per heavy atom. The molecule has 4 N–H and O–H groups in total. The van der Waals surface area contributed by atoms with Gasteiger partial charge in [-0.05, 0) is 18.6 Å². The third-order valence-electron chi connectivity index (χ3n) is 2.72. The van der Waals surface area contributed by atoms with E-state index < -0.39 is 0 Å². The summed E-state index contributed by atoms with van der Waals surface area (Å²) in [5.41, 5.74) is 3.57. The largest absolute Gasteiger partial charge is 0.362 e. The molecule has 1 atom stereocenters. The Morgan fingerprint density at radius 1 is 1.11 bits per heavy atom. The molecule has 1 heterocycles. The van der Waals surface area contributed by atoms with E-state index in [1.54, 1.807) is 6.07 Å². The van der Waals surface area contributed by atoms with E-state index >= 15 is 0 Å². The third-order valence-corrected chi connectivity index (χ3v) is 3.30. The standard InChI is InChI=1S/C13H14Cl2N4/c1-8(9-5-3-2-4-6-9)17-12-10(14)7-11(15)13(18-12)19-16/h2-8H,16H2,1H3,(H2,17,18,19). The van der Waals surface area contributed by atoms with Crippen LogP contribution in [0.1, 0.15) is 18.5 Å². The van der Waals surface area contributed by atoms with Crippen LogP contribution in [0.3, 0.4) is 0 Å². The van der Waals surface area contributed by atoms with Gasteiger partial charge in [0, 0.05) is 6.04 Å². The van der Waals surface area contributed by atoms with Gasteiger partial charge in [-0.25, -0.2) is 10.8 Å². The zero-order chi connectivity index (χ0) is 13.8. The number of aromatic nitrogens is 1. The smallest absolute Gasteiger partial charge is 0.161 e. The number of benzene rings is 1. The van der Waals surface area contributed by atoms with Crippen molar-refractivity contribution in [2.75, 3.05) is 10.7 Å². The molecule has 0 fully saturated rings. The van der Waals surface area contributed by atoms with Gasteiger partial charge >= 0.3 is 0 Å². The topological polar surface area (TPSA) is 63.0 Å². The molecule has 0 aliphatic heterocycles. The summed E-state index contributed by atoms with van der Waals surface area (Å²) in [4.78, 5) is 4.24. The summed E-state index contributed by atoms with van der Waals surface area (Å²) < 4.78 is 0. The fraction of sp³-hybridized carbons (Fsp3) is 0.154. The van der Waals surface area contributed by atoms with E-state index in [4.69, 9.17) is 29.0 Å². The monoisotopic (exact) mass is 296 g/mol. The third kappa shape index (κ3) is 3.29. The van der Waals surface area contributed by atoms with Crippen molar-refractivity contribution in [2.24, 2.45) is 5.84 Å². The predicted molar refractivity (Wildman–Crippen MR) is 80.5 cm³/mol. The highest BCUT2D eigenvalue weighted by Crippen LogP contribution is 2.30. The summed E-state index contributed by atoms with van der Waals surface area (Å²) in [6.07, 6.45) is 0. The maximum Gasteiger partial charge on any atom is 0.161 e. The molecule has 0 bridgehead atoms. The second kappa shape index (κ2) is 6.10. The maximum absolute atomic E-state index is 6.11. The molecule has 0 saturated heterocycles. The van der Waals surface area contributed by atoms with Crippen molar-refractivity contribution >= 4 is 34.8 Å².